The highest BCUT2D eigenvalue weighted by atomic mass is 32.1. The number of nitrogens with one attached hydrogen (secondary N) is 1. The van der Waals surface area contributed by atoms with E-state index < -0.39 is 5.60 Å². The Morgan fingerprint density at radius 2 is 1.95 bits per heavy atom. The third-order valence-corrected chi connectivity index (χ3v) is 5.21. The van der Waals surface area contributed by atoms with Crippen molar-refractivity contribution in [2.24, 2.45) is 0 Å². The lowest BCUT2D eigenvalue weighted by molar-refractivity contribution is -0.0389. The second kappa shape index (κ2) is 5.36. The smallest absolute Gasteiger partial charge is 0.125 e. The van der Waals surface area contributed by atoms with Gasteiger partial charge in [-0.2, -0.15) is 0 Å². The molecule has 0 spiro atoms. The van der Waals surface area contributed by atoms with E-state index in [0.29, 0.717) is 0 Å². The van der Waals surface area contributed by atoms with E-state index in [-0.39, 0.29) is 5.54 Å². The van der Waals surface area contributed by atoms with E-state index in [4.69, 9.17) is 0 Å². The minimum atomic E-state index is -0.667. The van der Waals surface area contributed by atoms with Gasteiger partial charge in [0.2, 0.25) is 0 Å². The van der Waals surface area contributed by atoms with Gasteiger partial charge in [-0.15, -0.1) is 11.3 Å². The number of aromatic nitrogens is 1. The zero-order valence-electron chi connectivity index (χ0n) is 13.7. The van der Waals surface area contributed by atoms with Crippen molar-refractivity contribution in [3.05, 3.63) is 35.0 Å². The summed E-state index contributed by atoms with van der Waals surface area (Å²) in [6.07, 6.45) is 4.66. The SMILES string of the molecule is Cc1cc(NC(C)(C)C)cc(-c2cnc(C3(O)CCC3)s2)c1. The van der Waals surface area contributed by atoms with Crippen molar-refractivity contribution in [2.45, 2.75) is 58.1 Å². The average molecular weight is 316 g/mol. The molecule has 0 aliphatic heterocycles. The first-order valence-corrected chi connectivity index (χ1v) is 8.66. The highest BCUT2D eigenvalue weighted by Gasteiger charge is 2.39. The fraction of sp³-hybridized carbons (Fsp3) is 0.500. The number of hydrogen-bond acceptors (Lipinski definition) is 4. The molecule has 3 rings (SSSR count). The van der Waals surface area contributed by atoms with Gasteiger partial charge in [0.1, 0.15) is 10.6 Å². The van der Waals surface area contributed by atoms with Crippen molar-refractivity contribution >= 4 is 17.0 Å². The molecule has 1 aliphatic carbocycles. The molecular formula is C18H24N2OS. The molecule has 22 heavy (non-hydrogen) atoms. The third kappa shape index (κ3) is 3.18. The maximum atomic E-state index is 10.4. The van der Waals surface area contributed by atoms with Crippen LogP contribution in [0.4, 0.5) is 5.69 Å². The second-order valence-electron chi connectivity index (χ2n) is 7.38. The van der Waals surface area contributed by atoms with Crippen molar-refractivity contribution in [1.29, 1.82) is 0 Å². The Morgan fingerprint density at radius 3 is 2.55 bits per heavy atom. The van der Waals surface area contributed by atoms with Crippen LogP contribution in [0.3, 0.4) is 0 Å². The molecule has 2 aromatic rings. The monoisotopic (exact) mass is 316 g/mol. The van der Waals surface area contributed by atoms with Crippen LogP contribution in [0.15, 0.2) is 24.4 Å². The molecule has 0 amide bonds. The number of hydrogen-bond donors (Lipinski definition) is 2. The standard InChI is InChI=1S/C18H24N2OS/c1-12-8-13(10-14(9-12)20-17(2,3)4)15-11-19-16(22-15)18(21)6-5-7-18/h8-11,20-21H,5-7H2,1-4H3. The Hall–Kier alpha value is -1.39. The molecule has 1 heterocycles. The average Bonchev–Trinajstić information content (AvgIpc) is 2.82. The number of thiazole rings is 1. The quantitative estimate of drug-likeness (QED) is 0.862. The van der Waals surface area contributed by atoms with Crippen LogP contribution in [-0.4, -0.2) is 15.6 Å². The van der Waals surface area contributed by atoms with Crippen molar-refractivity contribution < 1.29 is 5.11 Å². The van der Waals surface area contributed by atoms with Gasteiger partial charge in [-0.3, -0.25) is 0 Å². The molecule has 0 unspecified atom stereocenters. The van der Waals surface area contributed by atoms with Crippen LogP contribution in [0.5, 0.6) is 0 Å². The van der Waals surface area contributed by atoms with Crippen LogP contribution >= 0.6 is 11.3 Å². The van der Waals surface area contributed by atoms with Crippen LogP contribution in [0.1, 0.15) is 50.6 Å². The summed E-state index contributed by atoms with van der Waals surface area (Å²) in [7, 11) is 0. The molecule has 2 N–H and O–H groups in total. The highest BCUT2D eigenvalue weighted by Crippen LogP contribution is 2.44. The minimum Gasteiger partial charge on any atom is -0.383 e. The van der Waals surface area contributed by atoms with Crippen LogP contribution in [0, 0.1) is 6.92 Å². The number of anilines is 1. The maximum absolute atomic E-state index is 10.4. The molecule has 1 aromatic heterocycles. The van der Waals surface area contributed by atoms with Gasteiger partial charge < -0.3 is 10.4 Å². The maximum Gasteiger partial charge on any atom is 0.125 e. The van der Waals surface area contributed by atoms with Crippen LogP contribution in [0.25, 0.3) is 10.4 Å². The van der Waals surface area contributed by atoms with Crippen LogP contribution < -0.4 is 5.32 Å². The summed E-state index contributed by atoms with van der Waals surface area (Å²) >= 11 is 1.62. The minimum absolute atomic E-state index is 0.0327. The van der Waals surface area contributed by atoms with Gasteiger partial charge in [0, 0.05) is 17.4 Å². The number of aryl methyl sites for hydroxylation is 1. The first kappa shape index (κ1) is 15.5. The van der Waals surface area contributed by atoms with Crippen molar-refractivity contribution in [3.63, 3.8) is 0 Å². The molecule has 1 aromatic carbocycles. The number of benzene rings is 1. The fourth-order valence-electron chi connectivity index (χ4n) is 2.78. The molecule has 0 radical (unpaired) electrons. The molecular weight excluding hydrogens is 292 g/mol. The lowest BCUT2D eigenvalue weighted by atomic mass is 9.81. The van der Waals surface area contributed by atoms with Gasteiger partial charge in [0.25, 0.3) is 0 Å². The van der Waals surface area contributed by atoms with E-state index in [9.17, 15) is 5.11 Å². The Labute approximate surface area is 136 Å². The first-order chi connectivity index (χ1) is 10.3. The van der Waals surface area contributed by atoms with Crippen LogP contribution in [-0.2, 0) is 5.60 Å². The number of rotatable bonds is 3. The van der Waals surface area contributed by atoms with Crippen molar-refractivity contribution in [3.8, 4) is 10.4 Å². The van der Waals surface area contributed by atoms with E-state index in [1.165, 1.54) is 11.1 Å². The molecule has 0 atom stereocenters. The Morgan fingerprint density at radius 1 is 1.23 bits per heavy atom. The van der Waals surface area contributed by atoms with Gasteiger partial charge in [-0.1, -0.05) is 6.07 Å². The van der Waals surface area contributed by atoms with Gasteiger partial charge >= 0.3 is 0 Å². The predicted molar refractivity (Wildman–Crippen MR) is 93.4 cm³/mol. The molecule has 1 saturated carbocycles. The van der Waals surface area contributed by atoms with Gasteiger partial charge in [0.05, 0.1) is 4.88 Å². The van der Waals surface area contributed by atoms with E-state index in [1.807, 2.05) is 6.20 Å². The lowest BCUT2D eigenvalue weighted by Gasteiger charge is -2.34. The van der Waals surface area contributed by atoms with Crippen LogP contribution in [0.2, 0.25) is 0 Å². The normalized spacial score (nSPS) is 17.1. The highest BCUT2D eigenvalue weighted by molar-refractivity contribution is 7.15. The lowest BCUT2D eigenvalue weighted by Crippen LogP contribution is -2.33. The molecule has 4 heteroatoms. The summed E-state index contributed by atoms with van der Waals surface area (Å²) in [5, 5.41) is 14.8. The molecule has 0 bridgehead atoms. The first-order valence-electron chi connectivity index (χ1n) is 7.84. The van der Waals surface area contributed by atoms with E-state index in [2.05, 4.69) is 56.2 Å². The zero-order valence-corrected chi connectivity index (χ0v) is 14.5. The summed E-state index contributed by atoms with van der Waals surface area (Å²) in [6, 6.07) is 6.51. The van der Waals surface area contributed by atoms with Gasteiger partial charge in [0.15, 0.2) is 0 Å². The summed E-state index contributed by atoms with van der Waals surface area (Å²) in [5.41, 5.74) is 2.88. The Balaban J connectivity index is 1.91. The second-order valence-corrected chi connectivity index (χ2v) is 8.41. The Bertz CT molecular complexity index is 681. The summed E-state index contributed by atoms with van der Waals surface area (Å²) < 4.78 is 0. The van der Waals surface area contributed by atoms with Gasteiger partial charge in [-0.05, 0) is 70.2 Å². The van der Waals surface area contributed by atoms with E-state index >= 15 is 0 Å². The molecule has 1 fully saturated rings. The number of nitrogens with zero attached hydrogens (tertiary/aromatic N) is 1. The zero-order chi connectivity index (χ0) is 16.0. The molecule has 1 aliphatic rings. The summed E-state index contributed by atoms with van der Waals surface area (Å²) in [5.74, 6) is 0. The Kier molecular flexibility index (Phi) is 3.77. The van der Waals surface area contributed by atoms with Crippen molar-refractivity contribution in [1.82, 2.24) is 4.98 Å². The topological polar surface area (TPSA) is 45.2 Å². The van der Waals surface area contributed by atoms with Crippen molar-refractivity contribution in [2.75, 3.05) is 5.32 Å². The van der Waals surface area contributed by atoms with E-state index in [0.717, 1.165) is 34.8 Å². The number of aliphatic hydroxyl groups is 1. The predicted octanol–water partition coefficient (Wildman–Crippen LogP) is 4.70. The molecule has 118 valence electrons. The molecule has 3 nitrogen and oxygen atoms in total. The largest absolute Gasteiger partial charge is 0.383 e. The third-order valence-electron chi connectivity index (χ3n) is 3.97. The summed E-state index contributed by atoms with van der Waals surface area (Å²) in [6.45, 7) is 8.59. The van der Waals surface area contributed by atoms with Gasteiger partial charge in [-0.25, -0.2) is 4.98 Å². The summed E-state index contributed by atoms with van der Waals surface area (Å²) in [4.78, 5) is 5.59. The molecule has 0 saturated heterocycles. The van der Waals surface area contributed by atoms with E-state index in [1.54, 1.807) is 11.3 Å². The fourth-order valence-corrected chi connectivity index (χ4v) is 3.83.